The van der Waals surface area contributed by atoms with Gasteiger partial charge >= 0.3 is 0 Å². The topological polar surface area (TPSA) is 24.3 Å². The molecule has 3 aromatic rings. The Balaban J connectivity index is 1.18. The normalized spacial score (nSPS) is 22.2. The highest BCUT2D eigenvalue weighted by atomic mass is 35.5. The molecule has 2 aliphatic rings. The Morgan fingerprint density at radius 3 is 2.32 bits per heavy atom. The Morgan fingerprint density at radius 2 is 1.58 bits per heavy atom. The predicted octanol–water partition coefficient (Wildman–Crippen LogP) is 5.91. The van der Waals surface area contributed by atoms with E-state index >= 15 is 0 Å². The zero-order valence-electron chi connectivity index (χ0n) is 17.2. The fourth-order valence-electron chi connectivity index (χ4n) is 4.85. The van der Waals surface area contributed by atoms with E-state index < -0.39 is 0 Å². The average Bonchev–Trinajstić information content (AvgIpc) is 3.46. The molecule has 1 aromatic heterocycles. The van der Waals surface area contributed by atoms with Crippen LogP contribution < -0.4 is 4.90 Å². The van der Waals surface area contributed by atoms with Gasteiger partial charge in [0.15, 0.2) is 0 Å². The molecule has 1 aliphatic carbocycles. The summed E-state index contributed by atoms with van der Waals surface area (Å²) in [6.45, 7) is 4.10. The summed E-state index contributed by atoms with van der Waals surface area (Å²) < 4.78 is 15.3. The number of benzene rings is 2. The molecule has 0 amide bonds. The van der Waals surface area contributed by atoms with Gasteiger partial charge in [-0.05, 0) is 67.8 Å². The van der Waals surface area contributed by atoms with Crippen molar-refractivity contribution in [2.45, 2.75) is 31.3 Å². The monoisotopic (exact) mass is 458 g/mol. The molecule has 1 saturated heterocycles. The van der Waals surface area contributed by atoms with E-state index in [1.807, 2.05) is 24.3 Å². The van der Waals surface area contributed by atoms with Gasteiger partial charge in [0.2, 0.25) is 0 Å². The summed E-state index contributed by atoms with van der Waals surface area (Å²) >= 11 is 12.2. The molecule has 0 N–H and O–H groups in total. The fraction of sp³-hybridized carbons (Fsp3) is 0.375. The number of anilines is 1. The first-order valence-electron chi connectivity index (χ1n) is 10.8. The van der Waals surface area contributed by atoms with E-state index in [1.165, 1.54) is 18.6 Å². The second-order valence-electron chi connectivity index (χ2n) is 8.43. The van der Waals surface area contributed by atoms with Crippen LogP contribution in [0.3, 0.4) is 0 Å². The summed E-state index contributed by atoms with van der Waals surface area (Å²) in [5.41, 5.74) is 3.00. The SMILES string of the molecule is Fc1ccc(-c2ccn([C@@H]3CC[C@H](N4CCN(c5ccc(Cl)c(Cl)c5)CC4)C3)n2)cc1. The van der Waals surface area contributed by atoms with E-state index in [1.54, 1.807) is 12.1 Å². The maximum Gasteiger partial charge on any atom is 0.123 e. The Morgan fingerprint density at radius 1 is 0.839 bits per heavy atom. The number of nitrogens with zero attached hydrogens (tertiary/aromatic N) is 4. The highest BCUT2D eigenvalue weighted by Crippen LogP contribution is 2.35. The van der Waals surface area contributed by atoms with Crippen LogP contribution in [0.5, 0.6) is 0 Å². The molecule has 0 spiro atoms. The minimum Gasteiger partial charge on any atom is -0.369 e. The van der Waals surface area contributed by atoms with Crippen molar-refractivity contribution in [2.75, 3.05) is 31.1 Å². The lowest BCUT2D eigenvalue weighted by atomic mass is 10.1. The molecule has 2 heterocycles. The third kappa shape index (κ3) is 4.45. The second kappa shape index (κ2) is 8.81. The molecule has 5 rings (SSSR count). The number of aromatic nitrogens is 2. The van der Waals surface area contributed by atoms with E-state index in [9.17, 15) is 4.39 Å². The lowest BCUT2D eigenvalue weighted by Gasteiger charge is -2.39. The van der Waals surface area contributed by atoms with Gasteiger partial charge in [0, 0.05) is 49.7 Å². The van der Waals surface area contributed by atoms with E-state index in [2.05, 4.69) is 20.7 Å². The predicted molar refractivity (Wildman–Crippen MR) is 125 cm³/mol. The number of halogens is 3. The third-order valence-corrected chi connectivity index (χ3v) is 7.34. The molecular weight excluding hydrogens is 434 g/mol. The van der Waals surface area contributed by atoms with Gasteiger partial charge in [-0.3, -0.25) is 9.58 Å². The molecule has 1 saturated carbocycles. The van der Waals surface area contributed by atoms with Gasteiger partial charge in [0.05, 0.1) is 21.8 Å². The Kier molecular flexibility index (Phi) is 5.91. The largest absolute Gasteiger partial charge is 0.369 e. The average molecular weight is 459 g/mol. The summed E-state index contributed by atoms with van der Waals surface area (Å²) in [5, 5.41) is 5.99. The molecule has 0 bridgehead atoms. The van der Waals surface area contributed by atoms with Gasteiger partial charge in [-0.1, -0.05) is 23.2 Å². The number of hydrogen-bond acceptors (Lipinski definition) is 3. The quantitative estimate of drug-likeness (QED) is 0.485. The first-order valence-corrected chi connectivity index (χ1v) is 11.6. The summed E-state index contributed by atoms with van der Waals surface area (Å²) in [7, 11) is 0. The summed E-state index contributed by atoms with van der Waals surface area (Å²) in [6, 6.07) is 15.5. The lowest BCUT2D eigenvalue weighted by molar-refractivity contribution is 0.183. The highest BCUT2D eigenvalue weighted by molar-refractivity contribution is 6.42. The van der Waals surface area contributed by atoms with Crippen LogP contribution in [0.15, 0.2) is 54.7 Å². The molecule has 7 heteroatoms. The van der Waals surface area contributed by atoms with Crippen molar-refractivity contribution in [1.29, 1.82) is 0 Å². The van der Waals surface area contributed by atoms with Gasteiger partial charge in [-0.25, -0.2) is 4.39 Å². The molecule has 31 heavy (non-hydrogen) atoms. The maximum atomic E-state index is 13.2. The zero-order valence-corrected chi connectivity index (χ0v) is 18.7. The lowest BCUT2D eigenvalue weighted by Crippen LogP contribution is -2.49. The molecule has 2 atom stereocenters. The molecule has 1 aliphatic heterocycles. The molecule has 0 unspecified atom stereocenters. The van der Waals surface area contributed by atoms with E-state index in [0.717, 1.165) is 56.0 Å². The van der Waals surface area contributed by atoms with Crippen molar-refractivity contribution in [3.63, 3.8) is 0 Å². The van der Waals surface area contributed by atoms with Gasteiger partial charge in [0.1, 0.15) is 5.82 Å². The molecular formula is C24H25Cl2FN4. The van der Waals surface area contributed by atoms with Crippen LogP contribution in [0.1, 0.15) is 25.3 Å². The molecule has 2 fully saturated rings. The summed E-state index contributed by atoms with van der Waals surface area (Å²) in [5.74, 6) is -0.221. The number of hydrogen-bond donors (Lipinski definition) is 0. The number of rotatable bonds is 4. The standard InChI is InChI=1S/C24H25Cl2FN4/c25-22-8-7-20(16-23(22)26)30-13-11-29(12-14-30)19-5-6-21(15-19)31-10-9-24(28-31)17-1-3-18(27)4-2-17/h1-4,7-10,16,19,21H,5-6,11-15H2/t19-,21+/m0/s1. The van der Waals surface area contributed by atoms with Crippen LogP contribution in [0, 0.1) is 5.82 Å². The van der Waals surface area contributed by atoms with Crippen LogP contribution in [0.2, 0.25) is 10.0 Å². The van der Waals surface area contributed by atoms with Crippen molar-refractivity contribution in [3.8, 4) is 11.3 Å². The van der Waals surface area contributed by atoms with Crippen LogP contribution in [-0.2, 0) is 0 Å². The Labute approximate surface area is 192 Å². The minimum absolute atomic E-state index is 0.221. The van der Waals surface area contributed by atoms with Gasteiger partial charge in [-0.2, -0.15) is 5.10 Å². The van der Waals surface area contributed by atoms with E-state index in [4.69, 9.17) is 28.3 Å². The molecule has 2 aromatic carbocycles. The van der Waals surface area contributed by atoms with E-state index in [-0.39, 0.29) is 5.82 Å². The highest BCUT2D eigenvalue weighted by Gasteiger charge is 2.32. The number of piperazine rings is 1. The first-order chi connectivity index (χ1) is 15.1. The third-order valence-electron chi connectivity index (χ3n) is 6.60. The van der Waals surface area contributed by atoms with Crippen LogP contribution in [0.4, 0.5) is 10.1 Å². The van der Waals surface area contributed by atoms with Gasteiger partial charge in [-0.15, -0.1) is 0 Å². The van der Waals surface area contributed by atoms with Crippen LogP contribution >= 0.6 is 23.2 Å². The van der Waals surface area contributed by atoms with Crippen molar-refractivity contribution >= 4 is 28.9 Å². The van der Waals surface area contributed by atoms with Crippen molar-refractivity contribution in [1.82, 2.24) is 14.7 Å². The maximum absolute atomic E-state index is 13.2. The van der Waals surface area contributed by atoms with Crippen molar-refractivity contribution in [2.24, 2.45) is 0 Å². The summed E-state index contributed by atoms with van der Waals surface area (Å²) in [4.78, 5) is 5.01. The summed E-state index contributed by atoms with van der Waals surface area (Å²) in [6.07, 6.45) is 5.52. The zero-order chi connectivity index (χ0) is 21.4. The first kappa shape index (κ1) is 20.8. The van der Waals surface area contributed by atoms with Crippen molar-refractivity contribution < 1.29 is 4.39 Å². The van der Waals surface area contributed by atoms with Gasteiger partial charge in [0.25, 0.3) is 0 Å². The molecule has 4 nitrogen and oxygen atoms in total. The Hall–Kier alpha value is -2.08. The molecule has 162 valence electrons. The molecule has 0 radical (unpaired) electrons. The van der Waals surface area contributed by atoms with Crippen molar-refractivity contribution in [3.05, 3.63) is 70.6 Å². The Bertz CT molecular complexity index is 1040. The van der Waals surface area contributed by atoms with Gasteiger partial charge < -0.3 is 4.90 Å². The fourth-order valence-corrected chi connectivity index (χ4v) is 5.14. The van der Waals surface area contributed by atoms with Crippen LogP contribution in [0.25, 0.3) is 11.3 Å². The second-order valence-corrected chi connectivity index (χ2v) is 9.24. The van der Waals surface area contributed by atoms with Crippen LogP contribution in [-0.4, -0.2) is 46.9 Å². The smallest absolute Gasteiger partial charge is 0.123 e. The van der Waals surface area contributed by atoms with E-state index in [0.29, 0.717) is 22.1 Å². The minimum atomic E-state index is -0.221.